The van der Waals surface area contributed by atoms with Crippen LogP contribution in [-0.2, 0) is 4.79 Å². The fraction of sp³-hybridized carbons (Fsp3) is 0.467. The van der Waals surface area contributed by atoms with Crippen LogP contribution in [0.1, 0.15) is 37.7 Å². The van der Waals surface area contributed by atoms with Crippen LogP contribution < -0.4 is 11.1 Å². The molecule has 1 aromatic rings. The number of nitrogens with two attached hydrogens (primary N) is 1. The number of nitrogens with zero attached hydrogens (tertiary/aromatic N) is 1. The van der Waals surface area contributed by atoms with Crippen LogP contribution in [-0.4, -0.2) is 23.0 Å². The van der Waals surface area contributed by atoms with E-state index in [2.05, 4.69) is 17.4 Å². The van der Waals surface area contributed by atoms with Crippen LogP contribution in [0.5, 0.6) is 0 Å². The van der Waals surface area contributed by atoms with Crippen LogP contribution in [0.15, 0.2) is 35.5 Å². The molecule has 5 heteroatoms. The average Bonchev–Trinajstić information content (AvgIpc) is 2.85. The molecule has 1 aliphatic carbocycles. The van der Waals surface area contributed by atoms with Gasteiger partial charge in [0, 0.05) is 6.04 Å². The van der Waals surface area contributed by atoms with Crippen molar-refractivity contribution in [2.45, 2.75) is 38.1 Å². The Balaban J connectivity index is 2.13. The van der Waals surface area contributed by atoms with Crippen molar-refractivity contribution in [3.05, 3.63) is 35.9 Å². The summed E-state index contributed by atoms with van der Waals surface area (Å²) in [6, 6.07) is 9.33. The Morgan fingerprint density at radius 1 is 1.40 bits per heavy atom. The molecule has 20 heavy (non-hydrogen) atoms. The van der Waals surface area contributed by atoms with E-state index >= 15 is 0 Å². The lowest BCUT2D eigenvalue weighted by atomic mass is 9.96. The molecule has 0 spiro atoms. The molecule has 3 unspecified atom stereocenters. The predicted octanol–water partition coefficient (Wildman–Crippen LogP) is 1.82. The average molecular weight is 275 g/mol. The Hall–Kier alpha value is -2.04. The van der Waals surface area contributed by atoms with Crippen LogP contribution in [0, 0.1) is 5.92 Å². The maximum absolute atomic E-state index is 12.4. The first-order valence-electron chi connectivity index (χ1n) is 6.94. The topological polar surface area (TPSA) is 87.7 Å². The summed E-state index contributed by atoms with van der Waals surface area (Å²) in [5.41, 5.74) is 6.42. The first-order chi connectivity index (χ1) is 9.61. The summed E-state index contributed by atoms with van der Waals surface area (Å²) >= 11 is 0. The molecule has 0 radical (unpaired) electrons. The lowest BCUT2D eigenvalue weighted by Gasteiger charge is -2.19. The number of benzene rings is 1. The summed E-state index contributed by atoms with van der Waals surface area (Å²) in [6.45, 7) is 2.18. The third-order valence-electron chi connectivity index (χ3n) is 3.85. The van der Waals surface area contributed by atoms with Crippen LogP contribution >= 0.6 is 0 Å². The van der Waals surface area contributed by atoms with E-state index in [1.165, 1.54) is 0 Å². The lowest BCUT2D eigenvalue weighted by molar-refractivity contribution is -0.121. The van der Waals surface area contributed by atoms with E-state index in [9.17, 15) is 4.79 Å². The summed E-state index contributed by atoms with van der Waals surface area (Å²) in [7, 11) is 0. The van der Waals surface area contributed by atoms with Gasteiger partial charge in [-0.2, -0.15) is 0 Å². The highest BCUT2D eigenvalue weighted by Gasteiger charge is 2.29. The van der Waals surface area contributed by atoms with Crippen LogP contribution in [0.4, 0.5) is 0 Å². The zero-order valence-corrected chi connectivity index (χ0v) is 11.6. The van der Waals surface area contributed by atoms with Crippen LogP contribution in [0.25, 0.3) is 0 Å². The van der Waals surface area contributed by atoms with E-state index in [1.54, 1.807) is 12.1 Å². The Kier molecular flexibility index (Phi) is 4.61. The molecule has 4 N–H and O–H groups in total. The standard InChI is InChI=1S/C15H21N3O2/c1-10-7-8-12(9-10)17-15(19)13(14(16)18-20)11-5-3-2-4-6-11/h2-6,10,12-13,20H,7-9H2,1H3,(H2,16,18)(H,17,19). The van der Waals surface area contributed by atoms with Crippen molar-refractivity contribution < 1.29 is 10.0 Å². The molecule has 1 aliphatic rings. The van der Waals surface area contributed by atoms with Gasteiger partial charge in [0.05, 0.1) is 0 Å². The third-order valence-corrected chi connectivity index (χ3v) is 3.85. The van der Waals surface area contributed by atoms with Crippen molar-refractivity contribution in [3.8, 4) is 0 Å². The number of amides is 1. The van der Waals surface area contributed by atoms with E-state index in [1.807, 2.05) is 18.2 Å². The molecule has 0 heterocycles. The van der Waals surface area contributed by atoms with Gasteiger partial charge in [-0.15, -0.1) is 0 Å². The van der Waals surface area contributed by atoms with Gasteiger partial charge in [-0.25, -0.2) is 0 Å². The Morgan fingerprint density at radius 3 is 2.65 bits per heavy atom. The van der Waals surface area contributed by atoms with Crippen molar-refractivity contribution in [2.75, 3.05) is 0 Å². The zero-order chi connectivity index (χ0) is 14.5. The number of oxime groups is 1. The van der Waals surface area contributed by atoms with Crippen LogP contribution in [0.3, 0.4) is 0 Å². The van der Waals surface area contributed by atoms with E-state index in [-0.39, 0.29) is 17.8 Å². The molecule has 0 aromatic heterocycles. The molecule has 1 fully saturated rings. The molecular formula is C15H21N3O2. The molecular weight excluding hydrogens is 254 g/mol. The predicted molar refractivity (Wildman–Crippen MR) is 77.5 cm³/mol. The van der Waals surface area contributed by atoms with Gasteiger partial charge in [0.15, 0.2) is 5.84 Å². The van der Waals surface area contributed by atoms with Crippen molar-refractivity contribution in [1.82, 2.24) is 5.32 Å². The summed E-state index contributed by atoms with van der Waals surface area (Å²) in [5.74, 6) is -0.387. The first-order valence-corrected chi connectivity index (χ1v) is 6.94. The number of hydrogen-bond donors (Lipinski definition) is 3. The molecule has 1 amide bonds. The normalized spacial score (nSPS) is 24.4. The minimum absolute atomic E-state index is 0.0836. The monoisotopic (exact) mass is 275 g/mol. The lowest BCUT2D eigenvalue weighted by Crippen LogP contribution is -2.41. The molecule has 5 nitrogen and oxygen atoms in total. The second-order valence-electron chi connectivity index (χ2n) is 5.49. The quantitative estimate of drug-likeness (QED) is 0.339. The van der Waals surface area contributed by atoms with Crippen molar-refractivity contribution in [3.63, 3.8) is 0 Å². The highest BCUT2D eigenvalue weighted by Crippen LogP contribution is 2.25. The zero-order valence-electron chi connectivity index (χ0n) is 11.6. The first kappa shape index (κ1) is 14.4. The number of rotatable bonds is 4. The second-order valence-corrected chi connectivity index (χ2v) is 5.49. The molecule has 108 valence electrons. The van der Waals surface area contributed by atoms with Crippen molar-refractivity contribution in [1.29, 1.82) is 0 Å². The molecule has 1 aromatic carbocycles. The minimum atomic E-state index is -0.739. The Morgan fingerprint density at radius 2 is 2.10 bits per heavy atom. The van der Waals surface area contributed by atoms with Crippen molar-refractivity contribution >= 4 is 11.7 Å². The van der Waals surface area contributed by atoms with E-state index in [0.29, 0.717) is 5.92 Å². The smallest absolute Gasteiger partial charge is 0.235 e. The molecule has 2 rings (SSSR count). The van der Waals surface area contributed by atoms with Crippen LogP contribution in [0.2, 0.25) is 0 Å². The van der Waals surface area contributed by atoms with Gasteiger partial charge in [0.2, 0.25) is 5.91 Å². The molecule has 1 saturated carbocycles. The van der Waals surface area contributed by atoms with Gasteiger partial charge in [-0.05, 0) is 30.7 Å². The maximum atomic E-state index is 12.4. The van der Waals surface area contributed by atoms with E-state index in [4.69, 9.17) is 10.9 Å². The highest BCUT2D eigenvalue weighted by molar-refractivity contribution is 6.07. The Labute approximate surface area is 118 Å². The van der Waals surface area contributed by atoms with Gasteiger partial charge in [0.1, 0.15) is 5.92 Å². The number of carbonyl (C=O) groups is 1. The molecule has 3 atom stereocenters. The molecule has 0 saturated heterocycles. The summed E-state index contributed by atoms with van der Waals surface area (Å²) < 4.78 is 0. The molecule has 0 bridgehead atoms. The van der Waals surface area contributed by atoms with Gasteiger partial charge in [-0.1, -0.05) is 42.4 Å². The SMILES string of the molecule is CC1CCC(NC(=O)C(/C(N)=N/O)c2ccccc2)C1. The fourth-order valence-electron chi connectivity index (χ4n) is 2.78. The number of carbonyl (C=O) groups excluding carboxylic acids is 1. The van der Waals surface area contributed by atoms with Gasteiger partial charge < -0.3 is 16.3 Å². The fourth-order valence-corrected chi connectivity index (χ4v) is 2.78. The summed E-state index contributed by atoms with van der Waals surface area (Å²) in [5, 5.41) is 14.9. The van der Waals surface area contributed by atoms with Gasteiger partial charge in [-0.3, -0.25) is 4.79 Å². The number of hydrogen-bond acceptors (Lipinski definition) is 3. The van der Waals surface area contributed by atoms with E-state index < -0.39 is 5.92 Å². The van der Waals surface area contributed by atoms with Gasteiger partial charge >= 0.3 is 0 Å². The third kappa shape index (κ3) is 3.29. The maximum Gasteiger partial charge on any atom is 0.235 e. The van der Waals surface area contributed by atoms with E-state index in [0.717, 1.165) is 24.8 Å². The Bertz CT molecular complexity index is 487. The second kappa shape index (κ2) is 6.41. The molecule has 0 aliphatic heterocycles. The highest BCUT2D eigenvalue weighted by atomic mass is 16.4. The number of nitrogens with one attached hydrogen (secondary N) is 1. The summed E-state index contributed by atoms with van der Waals surface area (Å²) in [6.07, 6.45) is 3.11. The minimum Gasteiger partial charge on any atom is -0.409 e. The van der Waals surface area contributed by atoms with Crippen molar-refractivity contribution in [2.24, 2.45) is 16.8 Å². The van der Waals surface area contributed by atoms with Gasteiger partial charge in [0.25, 0.3) is 0 Å². The largest absolute Gasteiger partial charge is 0.409 e. The number of amidine groups is 1. The summed E-state index contributed by atoms with van der Waals surface area (Å²) in [4.78, 5) is 12.4.